The largest absolute Gasteiger partial charge is 0.359 e. The molecule has 0 aliphatic carbocycles. The van der Waals surface area contributed by atoms with Gasteiger partial charge in [0.15, 0.2) is 0 Å². The van der Waals surface area contributed by atoms with Crippen LogP contribution in [0.4, 0.5) is 91.0 Å². The lowest BCUT2D eigenvalue weighted by Gasteiger charge is -2.35. The van der Waals surface area contributed by atoms with E-state index in [1.165, 1.54) is 130 Å². The minimum Gasteiger partial charge on any atom is -0.359 e. The van der Waals surface area contributed by atoms with Crippen molar-refractivity contribution in [2.24, 2.45) is 0 Å². The van der Waals surface area contributed by atoms with Crippen LogP contribution < -0.4 is 44.1 Å². The number of fused-ring (bicyclic) bond motifs is 4. The molecule has 12 aromatic rings. The van der Waals surface area contributed by atoms with E-state index in [4.69, 9.17) is 0 Å². The van der Waals surface area contributed by atoms with Gasteiger partial charge in [0, 0.05) is 66.3 Å². The van der Waals surface area contributed by atoms with Crippen LogP contribution in [0.1, 0.15) is 113 Å². The Morgan fingerprint density at radius 3 is 0.785 bits per heavy atom. The van der Waals surface area contributed by atoms with Crippen molar-refractivity contribution in [3.05, 3.63) is 349 Å². The van der Waals surface area contributed by atoms with E-state index in [0.717, 1.165) is 0 Å². The lowest BCUT2D eigenvalue weighted by atomic mass is 9.91. The maximum Gasteiger partial charge on any atom is 0.108 e. The number of hydrogen-bond donors (Lipinski definition) is 0. The summed E-state index contributed by atoms with van der Waals surface area (Å²) >= 11 is 0. The monoisotopic (exact) mass is 1410 g/mol. The van der Waals surface area contributed by atoms with Crippen LogP contribution in [0, 0.1) is 34.6 Å². The minimum absolute atomic E-state index is 0.200. The van der Waals surface area contributed by atoms with Gasteiger partial charge in [-0.1, -0.05) is 222 Å². The van der Waals surface area contributed by atoms with E-state index in [0.29, 0.717) is 24.2 Å². The Morgan fingerprint density at radius 2 is 0.477 bits per heavy atom. The minimum atomic E-state index is 0.200. The van der Waals surface area contributed by atoms with Crippen molar-refractivity contribution in [3.63, 3.8) is 0 Å². The number of anilines is 16. The van der Waals surface area contributed by atoms with Crippen LogP contribution in [0.2, 0.25) is 0 Å². The maximum absolute atomic E-state index is 2.56. The highest BCUT2D eigenvalue weighted by atomic mass is 15.4. The fourth-order valence-electron chi connectivity index (χ4n) is 16.1. The molecule has 0 saturated heterocycles. The van der Waals surface area contributed by atoms with Gasteiger partial charge in [-0.3, -0.25) is 0 Å². The number of hydrogen-bond acceptors (Lipinski definition) is 10. The first-order chi connectivity index (χ1) is 51.9. The average molecular weight is 1410 g/mol. The van der Waals surface area contributed by atoms with Gasteiger partial charge in [-0.05, 0) is 223 Å². The molecule has 5 aliphatic rings. The summed E-state index contributed by atoms with van der Waals surface area (Å²) < 4.78 is 0. The number of benzene rings is 12. The molecule has 0 aromatic heterocycles. The topological polar surface area (TPSA) is 32.4 Å². The summed E-state index contributed by atoms with van der Waals surface area (Å²) in [6, 6.07) is 106. The Bertz CT molecular complexity index is 4860. The predicted octanol–water partition coefficient (Wildman–Crippen LogP) is 25.6. The van der Waals surface area contributed by atoms with Crippen molar-refractivity contribution in [1.82, 2.24) is 4.90 Å². The van der Waals surface area contributed by atoms with Gasteiger partial charge in [0.2, 0.25) is 0 Å². The number of para-hydroxylation sites is 16. The van der Waals surface area contributed by atoms with Crippen molar-refractivity contribution >= 4 is 91.0 Å². The van der Waals surface area contributed by atoms with Crippen molar-refractivity contribution < 1.29 is 0 Å². The summed E-state index contributed by atoms with van der Waals surface area (Å²) in [6.45, 7) is 31.4. The molecule has 5 heterocycles. The van der Waals surface area contributed by atoms with E-state index in [-0.39, 0.29) is 18.5 Å². The van der Waals surface area contributed by atoms with Gasteiger partial charge in [0.05, 0.1) is 51.2 Å². The summed E-state index contributed by atoms with van der Waals surface area (Å²) in [5.74, 6) is 0.936. The molecule has 12 aromatic carbocycles. The van der Waals surface area contributed by atoms with Crippen molar-refractivity contribution in [1.29, 1.82) is 0 Å². The molecule has 17 rings (SSSR count). The molecular formula is C97H106N10. The predicted molar refractivity (Wildman–Crippen MR) is 459 cm³/mol. The molecule has 544 valence electrons. The first-order valence-electron chi connectivity index (χ1n) is 38.2. The van der Waals surface area contributed by atoms with Gasteiger partial charge in [-0.2, -0.15) is 0 Å². The summed E-state index contributed by atoms with van der Waals surface area (Å²) in [5, 5.41) is 0. The molecule has 0 N–H and O–H groups in total. The van der Waals surface area contributed by atoms with Gasteiger partial charge < -0.3 is 49.0 Å². The Hall–Kier alpha value is -11.6. The molecule has 10 heteroatoms. The van der Waals surface area contributed by atoms with Crippen LogP contribution in [0.3, 0.4) is 0 Å². The van der Waals surface area contributed by atoms with E-state index >= 15 is 0 Å². The maximum atomic E-state index is 2.56. The second-order valence-electron chi connectivity index (χ2n) is 29.4. The molecule has 0 saturated carbocycles. The van der Waals surface area contributed by atoms with Gasteiger partial charge in [0.25, 0.3) is 0 Å². The van der Waals surface area contributed by atoms with Crippen LogP contribution >= 0.6 is 0 Å². The molecule has 0 unspecified atom stereocenters. The molecule has 0 bridgehead atoms. The number of rotatable bonds is 10. The Morgan fingerprint density at radius 1 is 0.224 bits per heavy atom. The standard InChI is InChI=1S/C27H32N2.2C21H20N2.C16H18N2.C12H16N2/c1-18(2)22-13-11-14-23(19(3)4)27(22)29-21(6)28(24-15-8-7-12-20(24)5)25-16-9-10-17-26(25)29;2*1-16-10-6-7-13-19(16)23-17(2)22(18-11-4-3-5-12-18)20-14-8-9-15-21(20)23;1-12-8-4-5-9-14(12)18-13(2)17(3)15-10-6-7-11-16(15)18;1-10-6-4-5-7-12(10)14-9-8-13(3)11(14)2/h7-19,21H,1-6H3;2*3-15,17H,1-2H3;4-11,13H,1-3H3;4-9,11H,1-3H3/t21-;2*17-;13-;11-/m10000/s1. The van der Waals surface area contributed by atoms with Gasteiger partial charge in [0.1, 0.15) is 30.8 Å². The Kier molecular flexibility index (Phi) is 22.3. The van der Waals surface area contributed by atoms with Gasteiger partial charge in [-0.15, -0.1) is 0 Å². The molecule has 0 radical (unpaired) electrons. The molecule has 10 nitrogen and oxygen atoms in total. The third-order valence-corrected chi connectivity index (χ3v) is 21.9. The van der Waals surface area contributed by atoms with Crippen LogP contribution in [0.25, 0.3) is 0 Å². The van der Waals surface area contributed by atoms with Crippen molar-refractivity contribution in [2.75, 3.05) is 58.2 Å². The van der Waals surface area contributed by atoms with Crippen molar-refractivity contribution in [2.45, 2.75) is 140 Å². The smallest absolute Gasteiger partial charge is 0.108 e. The van der Waals surface area contributed by atoms with E-state index in [2.05, 4.69) is 470 Å². The molecule has 0 amide bonds. The molecule has 107 heavy (non-hydrogen) atoms. The van der Waals surface area contributed by atoms with Gasteiger partial charge in [-0.25, -0.2) is 0 Å². The summed E-state index contributed by atoms with van der Waals surface area (Å²) in [7, 11) is 4.25. The third kappa shape index (κ3) is 14.7. The lowest BCUT2D eigenvalue weighted by Crippen LogP contribution is -2.36. The SMILES string of the molecule is Cc1ccccc1N1C=CN(C)[C@@H]1C.Cc1ccccc1N1c2ccccc2N(C)[C@@H]1C.Cc1ccccc1N1c2ccccc2N(c2c(C(C)C)cccc2C(C)C)[C@@H]1C.Cc1ccccc1N1c2ccccc2N(c2ccccc2)[C@@H]1C.Cc1ccccc1N1c2ccccc2N(c2ccccc2)[C@@H]1C. The fourth-order valence-corrected chi connectivity index (χ4v) is 16.1. The zero-order chi connectivity index (χ0) is 75.2. The zero-order valence-electron chi connectivity index (χ0n) is 65.5. The van der Waals surface area contributed by atoms with Crippen LogP contribution in [0.5, 0.6) is 0 Å². The highest BCUT2D eigenvalue weighted by Gasteiger charge is 2.40. The molecule has 0 spiro atoms. The Balaban J connectivity index is 0.000000120. The molecule has 0 fully saturated rings. The van der Waals surface area contributed by atoms with E-state index in [1.54, 1.807) is 0 Å². The van der Waals surface area contributed by atoms with Crippen LogP contribution in [0.15, 0.2) is 310 Å². The second kappa shape index (κ2) is 32.4. The van der Waals surface area contributed by atoms with E-state index in [1.807, 2.05) is 0 Å². The highest BCUT2D eigenvalue weighted by molar-refractivity contribution is 5.93. The molecule has 5 atom stereocenters. The fraction of sp³-hybridized carbons (Fsp3) is 0.237. The van der Waals surface area contributed by atoms with E-state index in [9.17, 15) is 0 Å². The number of nitrogens with zero attached hydrogens (tertiary/aromatic N) is 10. The van der Waals surface area contributed by atoms with Gasteiger partial charge >= 0.3 is 0 Å². The molecular weight excluding hydrogens is 1310 g/mol. The van der Waals surface area contributed by atoms with Crippen LogP contribution in [-0.4, -0.2) is 49.8 Å². The average Bonchev–Trinajstić information content (AvgIpc) is 1.61. The third-order valence-electron chi connectivity index (χ3n) is 21.9. The number of aryl methyl sites for hydroxylation is 5. The summed E-state index contributed by atoms with van der Waals surface area (Å²) in [5.41, 5.74) is 29.8. The lowest BCUT2D eigenvalue weighted by molar-refractivity contribution is 0.383. The second-order valence-corrected chi connectivity index (χ2v) is 29.4. The Labute approximate surface area is 638 Å². The first kappa shape index (κ1) is 73.7. The van der Waals surface area contributed by atoms with E-state index < -0.39 is 0 Å². The zero-order valence-corrected chi connectivity index (χ0v) is 65.5. The summed E-state index contributed by atoms with van der Waals surface area (Å²) in [4.78, 5) is 23.9. The summed E-state index contributed by atoms with van der Waals surface area (Å²) in [6.07, 6.45) is 5.67. The first-order valence-corrected chi connectivity index (χ1v) is 38.2. The highest BCUT2D eigenvalue weighted by Crippen LogP contribution is 2.53. The quantitative estimate of drug-likeness (QED) is 0.132. The molecule has 5 aliphatic heterocycles. The van der Waals surface area contributed by atoms with Crippen molar-refractivity contribution in [3.8, 4) is 0 Å². The normalized spacial score (nSPS) is 17.2. The van der Waals surface area contributed by atoms with Crippen LogP contribution in [-0.2, 0) is 0 Å².